The van der Waals surface area contributed by atoms with Crippen LogP contribution < -0.4 is 14.8 Å². The zero-order valence-electron chi connectivity index (χ0n) is 14.2. The van der Waals surface area contributed by atoms with E-state index in [0.29, 0.717) is 13.2 Å². The lowest BCUT2D eigenvalue weighted by Gasteiger charge is -2.25. The number of sulfonamides is 1. The van der Waals surface area contributed by atoms with Crippen molar-refractivity contribution >= 4 is 27.5 Å². The molecule has 3 rings (SSSR count). The van der Waals surface area contributed by atoms with Crippen molar-refractivity contribution < 1.29 is 17.9 Å². The van der Waals surface area contributed by atoms with Crippen molar-refractivity contribution in [3.63, 3.8) is 0 Å². The number of nitrogens with one attached hydrogen (secondary N) is 2. The van der Waals surface area contributed by atoms with Gasteiger partial charge in [-0.25, -0.2) is 13.1 Å². The Morgan fingerprint density at radius 3 is 2.81 bits per heavy atom. The highest BCUT2D eigenvalue weighted by molar-refractivity contribution is 7.89. The molecule has 0 bridgehead atoms. The molecule has 0 spiro atoms. The number of para-hydroxylation sites is 1. The number of rotatable bonds is 5. The molecule has 1 atom stereocenters. The van der Waals surface area contributed by atoms with Crippen LogP contribution in [0.4, 0.5) is 0 Å². The Labute approximate surface area is 157 Å². The first-order valence-corrected chi connectivity index (χ1v) is 9.99. The molecule has 26 heavy (non-hydrogen) atoms. The minimum absolute atomic E-state index is 0.00974. The van der Waals surface area contributed by atoms with Crippen LogP contribution in [-0.2, 0) is 16.4 Å². The average molecular weight is 395 g/mol. The molecule has 1 unspecified atom stereocenters. The van der Waals surface area contributed by atoms with E-state index in [4.69, 9.17) is 16.3 Å². The zero-order valence-corrected chi connectivity index (χ0v) is 15.7. The second-order valence-electron chi connectivity index (χ2n) is 6.05. The normalized spacial score (nSPS) is 16.5. The zero-order chi connectivity index (χ0) is 18.7. The van der Waals surface area contributed by atoms with E-state index in [2.05, 4.69) is 10.0 Å². The van der Waals surface area contributed by atoms with Gasteiger partial charge < -0.3 is 10.1 Å². The lowest BCUT2D eigenvalue weighted by Crippen LogP contribution is -2.35. The third-order valence-corrected chi connectivity index (χ3v) is 6.01. The van der Waals surface area contributed by atoms with Gasteiger partial charge in [-0.2, -0.15) is 0 Å². The third kappa shape index (κ3) is 4.00. The smallest absolute Gasteiger partial charge is 0.252 e. The van der Waals surface area contributed by atoms with E-state index in [9.17, 15) is 13.2 Å². The van der Waals surface area contributed by atoms with Gasteiger partial charge in [0.2, 0.25) is 10.0 Å². The van der Waals surface area contributed by atoms with Crippen LogP contribution in [0.5, 0.6) is 5.75 Å². The number of ether oxygens (including phenoxy) is 1. The third-order valence-electron chi connectivity index (χ3n) is 4.27. The van der Waals surface area contributed by atoms with Crippen LogP contribution in [0.3, 0.4) is 0 Å². The topological polar surface area (TPSA) is 84.5 Å². The number of halogens is 1. The molecular formula is C18H19ClN2O4S. The molecule has 0 saturated carbocycles. The van der Waals surface area contributed by atoms with E-state index in [1.54, 1.807) is 0 Å². The summed E-state index contributed by atoms with van der Waals surface area (Å²) in [6, 6.07) is 11.9. The fraction of sp³-hybridized carbons (Fsp3) is 0.278. The maximum atomic E-state index is 12.5. The molecule has 2 N–H and O–H groups in total. The molecule has 0 aliphatic carbocycles. The summed E-state index contributed by atoms with van der Waals surface area (Å²) in [5.41, 5.74) is 1.23. The number of carbonyl (C=O) groups excluding carboxylic acids is 1. The van der Waals surface area contributed by atoms with Gasteiger partial charge in [-0.15, -0.1) is 0 Å². The molecule has 1 amide bonds. The van der Waals surface area contributed by atoms with Crippen molar-refractivity contribution in [2.24, 2.45) is 5.92 Å². The van der Waals surface area contributed by atoms with Gasteiger partial charge in [0.05, 0.1) is 22.1 Å². The molecule has 0 aromatic heterocycles. The molecule has 1 aliphatic heterocycles. The molecule has 8 heteroatoms. The Morgan fingerprint density at radius 1 is 1.27 bits per heavy atom. The summed E-state index contributed by atoms with van der Waals surface area (Å²) in [5, 5.41) is 3.02. The second-order valence-corrected chi connectivity index (χ2v) is 8.34. The first kappa shape index (κ1) is 18.7. The highest BCUT2D eigenvalue weighted by Gasteiger charge is 2.22. The summed E-state index contributed by atoms with van der Waals surface area (Å²) in [6.45, 7) is 0.922. The first-order valence-electron chi connectivity index (χ1n) is 8.12. The van der Waals surface area contributed by atoms with Crippen molar-refractivity contribution in [2.75, 3.05) is 20.2 Å². The quantitative estimate of drug-likeness (QED) is 0.814. The van der Waals surface area contributed by atoms with Gasteiger partial charge in [0, 0.05) is 12.5 Å². The van der Waals surface area contributed by atoms with E-state index in [1.165, 1.54) is 25.2 Å². The largest absolute Gasteiger partial charge is 0.493 e. The standard InChI is InChI=1S/C18H19ClN2O4S/c1-20-26(23,24)14-6-7-16(19)15(9-14)18(22)21-10-12-8-13-4-2-3-5-17(13)25-11-12/h2-7,9,12,20H,8,10-11H2,1H3,(H,21,22). The van der Waals surface area contributed by atoms with Gasteiger partial charge in [-0.3, -0.25) is 4.79 Å². The van der Waals surface area contributed by atoms with Crippen molar-refractivity contribution in [2.45, 2.75) is 11.3 Å². The maximum absolute atomic E-state index is 12.5. The number of hydrogen-bond donors (Lipinski definition) is 2. The van der Waals surface area contributed by atoms with Crippen LogP contribution >= 0.6 is 11.6 Å². The summed E-state index contributed by atoms with van der Waals surface area (Å²) in [6.07, 6.45) is 0.804. The van der Waals surface area contributed by atoms with Gasteiger partial charge in [0.1, 0.15) is 5.75 Å². The lowest BCUT2D eigenvalue weighted by molar-refractivity contribution is 0.0939. The lowest BCUT2D eigenvalue weighted by atomic mass is 9.96. The van der Waals surface area contributed by atoms with Gasteiger partial charge in [-0.05, 0) is 43.3 Å². The van der Waals surface area contributed by atoms with Gasteiger partial charge in [0.25, 0.3) is 5.91 Å². The van der Waals surface area contributed by atoms with Crippen LogP contribution in [0, 0.1) is 5.92 Å². The number of benzene rings is 2. The summed E-state index contributed by atoms with van der Waals surface area (Å²) in [5.74, 6) is 0.599. The molecule has 138 valence electrons. The van der Waals surface area contributed by atoms with Crippen molar-refractivity contribution in [1.82, 2.24) is 10.0 Å². The molecular weight excluding hydrogens is 376 g/mol. The number of fused-ring (bicyclic) bond motifs is 1. The summed E-state index contributed by atoms with van der Waals surface area (Å²) < 4.78 is 31.7. The highest BCUT2D eigenvalue weighted by Crippen LogP contribution is 2.26. The molecule has 0 saturated heterocycles. The van der Waals surface area contributed by atoms with E-state index in [-0.39, 0.29) is 21.4 Å². The second kappa shape index (κ2) is 7.65. The maximum Gasteiger partial charge on any atom is 0.252 e. The van der Waals surface area contributed by atoms with Gasteiger partial charge in [0.15, 0.2) is 0 Å². The SMILES string of the molecule is CNS(=O)(=O)c1ccc(Cl)c(C(=O)NCC2COc3ccccc3C2)c1. The molecule has 1 heterocycles. The molecule has 6 nitrogen and oxygen atoms in total. The summed E-state index contributed by atoms with van der Waals surface area (Å²) >= 11 is 6.07. The highest BCUT2D eigenvalue weighted by atomic mass is 35.5. The Balaban J connectivity index is 1.68. The van der Waals surface area contributed by atoms with E-state index in [1.807, 2.05) is 24.3 Å². The summed E-state index contributed by atoms with van der Waals surface area (Å²) in [7, 11) is -2.34. The predicted octanol–water partition coefficient (Wildman–Crippen LogP) is 2.23. The molecule has 2 aromatic rings. The van der Waals surface area contributed by atoms with Crippen LogP contribution in [0.15, 0.2) is 47.4 Å². The van der Waals surface area contributed by atoms with Gasteiger partial charge in [-0.1, -0.05) is 29.8 Å². The average Bonchev–Trinajstić information content (AvgIpc) is 2.66. The first-order chi connectivity index (χ1) is 12.4. The van der Waals surface area contributed by atoms with Crippen LogP contribution in [0.1, 0.15) is 15.9 Å². The van der Waals surface area contributed by atoms with E-state index in [0.717, 1.165) is 17.7 Å². The van der Waals surface area contributed by atoms with Crippen LogP contribution in [0.2, 0.25) is 5.02 Å². The Bertz CT molecular complexity index is 931. The Morgan fingerprint density at radius 2 is 2.04 bits per heavy atom. The Kier molecular flexibility index (Phi) is 5.50. The number of amides is 1. The van der Waals surface area contributed by atoms with Gasteiger partial charge >= 0.3 is 0 Å². The van der Waals surface area contributed by atoms with E-state index >= 15 is 0 Å². The fourth-order valence-electron chi connectivity index (χ4n) is 2.82. The fourth-order valence-corrected chi connectivity index (χ4v) is 3.78. The van der Waals surface area contributed by atoms with Crippen molar-refractivity contribution in [1.29, 1.82) is 0 Å². The monoisotopic (exact) mass is 394 g/mol. The number of carbonyl (C=O) groups is 1. The van der Waals surface area contributed by atoms with Crippen molar-refractivity contribution in [3.8, 4) is 5.75 Å². The minimum atomic E-state index is -3.65. The van der Waals surface area contributed by atoms with E-state index < -0.39 is 15.9 Å². The predicted molar refractivity (Wildman–Crippen MR) is 99.2 cm³/mol. The Hall–Kier alpha value is -2.09. The summed E-state index contributed by atoms with van der Waals surface area (Å²) in [4.78, 5) is 12.5. The molecule has 1 aliphatic rings. The van der Waals surface area contributed by atoms with Crippen LogP contribution in [0.25, 0.3) is 0 Å². The molecule has 0 fully saturated rings. The van der Waals surface area contributed by atoms with Crippen molar-refractivity contribution in [3.05, 3.63) is 58.6 Å². The molecule has 0 radical (unpaired) electrons. The molecule has 2 aromatic carbocycles. The minimum Gasteiger partial charge on any atom is -0.493 e. The van der Waals surface area contributed by atoms with Crippen LogP contribution in [-0.4, -0.2) is 34.5 Å². The number of hydrogen-bond acceptors (Lipinski definition) is 4.